The molecular formula is C19H18N2O2. The zero-order valence-electron chi connectivity index (χ0n) is 13.4. The van der Waals surface area contributed by atoms with E-state index in [0.29, 0.717) is 5.56 Å². The average Bonchev–Trinajstić information content (AvgIpc) is 2.53. The Morgan fingerprint density at radius 3 is 2.65 bits per heavy atom. The first kappa shape index (κ1) is 15.0. The number of carbonyl (C=O) groups is 1. The minimum Gasteiger partial charge on any atom is -0.465 e. The minimum absolute atomic E-state index is 0.353. The van der Waals surface area contributed by atoms with Gasteiger partial charge in [0.25, 0.3) is 0 Å². The van der Waals surface area contributed by atoms with Crippen LogP contribution in [0.15, 0.2) is 48.5 Å². The molecule has 0 amide bonds. The molecule has 1 N–H and O–H groups in total. The molecule has 4 heteroatoms. The van der Waals surface area contributed by atoms with E-state index in [1.165, 1.54) is 12.7 Å². The number of aromatic nitrogens is 1. The second-order valence-electron chi connectivity index (χ2n) is 5.53. The van der Waals surface area contributed by atoms with Crippen LogP contribution in [-0.2, 0) is 4.74 Å². The summed E-state index contributed by atoms with van der Waals surface area (Å²) < 4.78 is 4.80. The van der Waals surface area contributed by atoms with Crippen LogP contribution in [0.5, 0.6) is 0 Å². The molecule has 0 atom stereocenters. The number of ether oxygens (including phenoxy) is 1. The van der Waals surface area contributed by atoms with Gasteiger partial charge in [-0.2, -0.15) is 0 Å². The molecule has 0 spiro atoms. The van der Waals surface area contributed by atoms with Crippen LogP contribution in [0.2, 0.25) is 0 Å². The van der Waals surface area contributed by atoms with Crippen LogP contribution in [0.4, 0.5) is 11.4 Å². The van der Waals surface area contributed by atoms with Gasteiger partial charge in [0.2, 0.25) is 0 Å². The molecule has 0 aliphatic carbocycles. The van der Waals surface area contributed by atoms with Crippen molar-refractivity contribution in [1.82, 2.24) is 4.98 Å². The molecule has 1 aromatic heterocycles. The highest BCUT2D eigenvalue weighted by molar-refractivity contribution is 5.99. The Hall–Kier alpha value is -2.88. The van der Waals surface area contributed by atoms with Gasteiger partial charge in [-0.15, -0.1) is 0 Å². The van der Waals surface area contributed by atoms with Gasteiger partial charge in [-0.25, -0.2) is 4.79 Å². The number of methoxy groups -OCH3 is 1. The molecule has 3 rings (SSSR count). The normalized spacial score (nSPS) is 10.6. The summed E-state index contributed by atoms with van der Waals surface area (Å²) in [5.74, 6) is -0.353. The van der Waals surface area contributed by atoms with E-state index in [4.69, 9.17) is 4.74 Å². The summed E-state index contributed by atoms with van der Waals surface area (Å²) in [4.78, 5) is 16.3. The molecule has 0 unspecified atom stereocenters. The van der Waals surface area contributed by atoms with E-state index in [0.717, 1.165) is 28.0 Å². The van der Waals surface area contributed by atoms with E-state index >= 15 is 0 Å². The first-order chi connectivity index (χ1) is 11.1. The lowest BCUT2D eigenvalue weighted by Gasteiger charge is -2.12. The van der Waals surface area contributed by atoms with Crippen LogP contribution in [0.1, 0.15) is 21.6 Å². The third-order valence-corrected chi connectivity index (χ3v) is 3.65. The molecule has 116 valence electrons. The predicted molar refractivity (Wildman–Crippen MR) is 92.3 cm³/mol. The average molecular weight is 306 g/mol. The van der Waals surface area contributed by atoms with E-state index in [9.17, 15) is 4.79 Å². The van der Waals surface area contributed by atoms with Gasteiger partial charge in [0.1, 0.15) is 0 Å². The maximum Gasteiger partial charge on any atom is 0.337 e. The molecule has 0 saturated heterocycles. The minimum atomic E-state index is -0.353. The molecule has 0 aliphatic rings. The molecule has 0 radical (unpaired) electrons. The number of anilines is 2. The van der Waals surface area contributed by atoms with Gasteiger partial charge in [0, 0.05) is 22.5 Å². The van der Waals surface area contributed by atoms with Crippen LogP contribution >= 0.6 is 0 Å². The summed E-state index contributed by atoms with van der Waals surface area (Å²) in [6.45, 7) is 4.01. The number of hydrogen-bond acceptors (Lipinski definition) is 4. The summed E-state index contributed by atoms with van der Waals surface area (Å²) in [5.41, 5.74) is 5.37. The molecule has 23 heavy (non-hydrogen) atoms. The third-order valence-electron chi connectivity index (χ3n) is 3.65. The van der Waals surface area contributed by atoms with Gasteiger partial charge < -0.3 is 10.1 Å². The van der Waals surface area contributed by atoms with Crippen LogP contribution in [0.25, 0.3) is 10.9 Å². The monoisotopic (exact) mass is 306 g/mol. The van der Waals surface area contributed by atoms with Crippen molar-refractivity contribution < 1.29 is 9.53 Å². The second kappa shape index (κ2) is 6.08. The lowest BCUT2D eigenvalue weighted by molar-refractivity contribution is 0.0601. The van der Waals surface area contributed by atoms with Crippen molar-refractivity contribution in [1.29, 1.82) is 0 Å². The predicted octanol–water partition coefficient (Wildman–Crippen LogP) is 4.38. The zero-order valence-corrected chi connectivity index (χ0v) is 13.4. The molecule has 3 aromatic rings. The standard InChI is InChI=1S/C19H18N2O2/c1-12-5-4-6-15(9-12)21-18-10-13(2)20-17-8-7-14(11-16(17)18)19(22)23-3/h4-11H,1-3H3,(H,20,21). The van der Waals surface area contributed by atoms with Gasteiger partial charge in [0.05, 0.1) is 18.2 Å². The highest BCUT2D eigenvalue weighted by atomic mass is 16.5. The lowest BCUT2D eigenvalue weighted by Crippen LogP contribution is -2.02. The number of benzene rings is 2. The van der Waals surface area contributed by atoms with Gasteiger partial charge >= 0.3 is 5.97 Å². The van der Waals surface area contributed by atoms with E-state index in [2.05, 4.69) is 29.4 Å². The number of nitrogens with zero attached hydrogens (tertiary/aromatic N) is 1. The number of fused-ring (bicyclic) bond motifs is 1. The Labute approximate surface area is 135 Å². The largest absolute Gasteiger partial charge is 0.465 e. The Morgan fingerprint density at radius 1 is 1.09 bits per heavy atom. The van der Waals surface area contributed by atoms with Crippen molar-refractivity contribution in [3.63, 3.8) is 0 Å². The van der Waals surface area contributed by atoms with Crippen molar-refractivity contribution in [2.75, 3.05) is 12.4 Å². The first-order valence-electron chi connectivity index (χ1n) is 7.40. The van der Waals surface area contributed by atoms with E-state index in [1.807, 2.05) is 37.3 Å². The summed E-state index contributed by atoms with van der Waals surface area (Å²) in [6.07, 6.45) is 0. The van der Waals surface area contributed by atoms with Gasteiger partial charge in [-0.05, 0) is 55.8 Å². The Kier molecular flexibility index (Phi) is 3.98. The highest BCUT2D eigenvalue weighted by Crippen LogP contribution is 2.28. The number of pyridine rings is 1. The van der Waals surface area contributed by atoms with Crippen molar-refractivity contribution in [2.24, 2.45) is 0 Å². The molecule has 0 aliphatic heterocycles. The number of hydrogen-bond donors (Lipinski definition) is 1. The lowest BCUT2D eigenvalue weighted by atomic mass is 10.1. The zero-order chi connectivity index (χ0) is 16.4. The van der Waals surface area contributed by atoms with E-state index in [-0.39, 0.29) is 5.97 Å². The first-order valence-corrected chi connectivity index (χ1v) is 7.40. The molecule has 2 aromatic carbocycles. The second-order valence-corrected chi connectivity index (χ2v) is 5.53. The number of nitrogens with one attached hydrogen (secondary N) is 1. The fourth-order valence-electron chi connectivity index (χ4n) is 2.58. The van der Waals surface area contributed by atoms with Crippen LogP contribution in [0.3, 0.4) is 0 Å². The number of rotatable bonds is 3. The highest BCUT2D eigenvalue weighted by Gasteiger charge is 2.10. The van der Waals surface area contributed by atoms with Crippen molar-refractivity contribution in [2.45, 2.75) is 13.8 Å². The van der Waals surface area contributed by atoms with Crippen LogP contribution < -0.4 is 5.32 Å². The van der Waals surface area contributed by atoms with Gasteiger partial charge in [-0.3, -0.25) is 4.98 Å². The molecule has 1 heterocycles. The summed E-state index contributed by atoms with van der Waals surface area (Å²) in [7, 11) is 1.38. The van der Waals surface area contributed by atoms with Gasteiger partial charge in [-0.1, -0.05) is 12.1 Å². The fraction of sp³-hybridized carbons (Fsp3) is 0.158. The van der Waals surface area contributed by atoms with Crippen LogP contribution in [0, 0.1) is 13.8 Å². The summed E-state index contributed by atoms with van der Waals surface area (Å²) >= 11 is 0. The summed E-state index contributed by atoms with van der Waals surface area (Å²) in [5, 5.41) is 4.31. The quantitative estimate of drug-likeness (QED) is 0.729. The van der Waals surface area contributed by atoms with Crippen LogP contribution in [-0.4, -0.2) is 18.1 Å². The van der Waals surface area contributed by atoms with Crippen molar-refractivity contribution >= 4 is 28.2 Å². The maximum atomic E-state index is 11.8. The molecule has 0 fully saturated rings. The molecular weight excluding hydrogens is 288 g/mol. The summed E-state index contributed by atoms with van der Waals surface area (Å²) in [6, 6.07) is 15.5. The van der Waals surface area contributed by atoms with Crippen molar-refractivity contribution in [3.05, 3.63) is 65.4 Å². The SMILES string of the molecule is COC(=O)c1ccc2nc(C)cc(Nc3cccc(C)c3)c2c1. The van der Waals surface area contributed by atoms with Gasteiger partial charge in [0.15, 0.2) is 0 Å². The Bertz CT molecular complexity index is 888. The van der Waals surface area contributed by atoms with E-state index < -0.39 is 0 Å². The molecule has 0 bridgehead atoms. The fourth-order valence-corrected chi connectivity index (χ4v) is 2.58. The number of aryl methyl sites for hydroxylation is 2. The number of carbonyl (C=O) groups excluding carboxylic acids is 1. The topological polar surface area (TPSA) is 51.2 Å². The third kappa shape index (κ3) is 3.16. The maximum absolute atomic E-state index is 11.8. The molecule has 4 nitrogen and oxygen atoms in total. The van der Waals surface area contributed by atoms with Crippen molar-refractivity contribution in [3.8, 4) is 0 Å². The number of esters is 1. The smallest absolute Gasteiger partial charge is 0.337 e. The van der Waals surface area contributed by atoms with E-state index in [1.54, 1.807) is 6.07 Å². The Balaban J connectivity index is 2.12. The Morgan fingerprint density at radius 2 is 1.91 bits per heavy atom. The molecule has 0 saturated carbocycles.